The Balaban J connectivity index is 1.74. The van der Waals surface area contributed by atoms with Crippen molar-refractivity contribution in [3.8, 4) is 0 Å². The summed E-state index contributed by atoms with van der Waals surface area (Å²) < 4.78 is 0. The van der Waals surface area contributed by atoms with E-state index in [1.165, 1.54) is 69.9 Å². The van der Waals surface area contributed by atoms with Gasteiger partial charge < -0.3 is 5.32 Å². The molecule has 3 rings (SSSR count). The minimum Gasteiger partial charge on any atom is -0.380 e. The summed E-state index contributed by atoms with van der Waals surface area (Å²) in [6.07, 6.45) is 15.3. The van der Waals surface area contributed by atoms with E-state index in [4.69, 9.17) is 11.8 Å². The molecule has 2 fully saturated rings. The minimum atomic E-state index is -1.31. The molecule has 0 radical (unpaired) electrons. The predicted octanol–water partition coefficient (Wildman–Crippen LogP) is 6.20. The van der Waals surface area contributed by atoms with Gasteiger partial charge in [-0.2, -0.15) is 0 Å². The molecule has 3 heteroatoms. The van der Waals surface area contributed by atoms with Gasteiger partial charge in [0, 0.05) is 12.0 Å². The molecule has 1 aromatic carbocycles. The summed E-state index contributed by atoms with van der Waals surface area (Å²) in [5, 5.41) is 3.73. The van der Waals surface area contributed by atoms with E-state index >= 15 is 0 Å². The van der Waals surface area contributed by atoms with E-state index in [1.807, 2.05) is 0 Å². The fourth-order valence-electron chi connectivity index (χ4n) is 4.36. The van der Waals surface area contributed by atoms with E-state index < -0.39 is 6.04 Å². The lowest BCUT2D eigenvalue weighted by molar-refractivity contribution is 0.484. The summed E-state index contributed by atoms with van der Waals surface area (Å²) in [6.45, 7) is 0. The highest BCUT2D eigenvalue weighted by Crippen LogP contribution is 2.62. The lowest BCUT2D eigenvalue weighted by Crippen LogP contribution is -2.27. The number of para-hydroxylation sites is 1. The standard InChI is InChI=1S/C19H30NPS/c22-21(18-12-6-2-7-13-18,19-14-8-3-9-15-19)16-20-17-10-4-1-5-11-17/h1,4-5,10-11,18-20H,2-3,6-9,12-16H2. The van der Waals surface area contributed by atoms with Gasteiger partial charge >= 0.3 is 0 Å². The maximum Gasteiger partial charge on any atom is 0.0445 e. The van der Waals surface area contributed by atoms with Crippen LogP contribution >= 0.6 is 6.04 Å². The van der Waals surface area contributed by atoms with Crippen LogP contribution in [0.1, 0.15) is 64.2 Å². The highest BCUT2D eigenvalue weighted by molar-refractivity contribution is 8.15. The largest absolute Gasteiger partial charge is 0.380 e. The SMILES string of the molecule is S=P(CNc1ccccc1)(C1CCCCC1)C1CCCCC1. The zero-order valence-corrected chi connectivity index (χ0v) is 15.4. The van der Waals surface area contributed by atoms with Crippen LogP contribution in [0.15, 0.2) is 30.3 Å². The Labute approximate surface area is 141 Å². The normalized spacial score (nSPS) is 21.6. The number of hydrogen-bond donors (Lipinski definition) is 1. The van der Waals surface area contributed by atoms with Crippen molar-refractivity contribution in [1.82, 2.24) is 0 Å². The topological polar surface area (TPSA) is 12.0 Å². The fourth-order valence-corrected chi connectivity index (χ4v) is 9.84. The summed E-state index contributed by atoms with van der Waals surface area (Å²) in [5.74, 6) is 0. The van der Waals surface area contributed by atoms with Gasteiger partial charge in [-0.15, -0.1) is 0 Å². The Kier molecular flexibility index (Phi) is 5.99. The maximum absolute atomic E-state index is 6.49. The highest BCUT2D eigenvalue weighted by atomic mass is 32.4. The van der Waals surface area contributed by atoms with Crippen molar-refractivity contribution in [2.24, 2.45) is 0 Å². The van der Waals surface area contributed by atoms with E-state index in [-0.39, 0.29) is 0 Å². The molecule has 0 saturated heterocycles. The average molecular weight is 335 g/mol. The maximum atomic E-state index is 6.49. The number of anilines is 1. The summed E-state index contributed by atoms with van der Waals surface area (Å²) >= 11 is 6.49. The van der Waals surface area contributed by atoms with E-state index in [0.717, 1.165) is 17.6 Å². The summed E-state index contributed by atoms with van der Waals surface area (Å²) in [5.41, 5.74) is 2.97. The number of nitrogens with one attached hydrogen (secondary N) is 1. The van der Waals surface area contributed by atoms with Crippen LogP contribution in [0, 0.1) is 0 Å². The molecule has 2 aliphatic carbocycles. The molecule has 1 N–H and O–H groups in total. The van der Waals surface area contributed by atoms with Gasteiger partial charge in [0.05, 0.1) is 0 Å². The van der Waals surface area contributed by atoms with Crippen LogP contribution in [0.5, 0.6) is 0 Å². The molecule has 1 nitrogen and oxygen atoms in total. The molecule has 1 aromatic rings. The second kappa shape index (κ2) is 7.97. The molecule has 0 atom stereocenters. The molecular weight excluding hydrogens is 305 g/mol. The predicted molar refractivity (Wildman–Crippen MR) is 103 cm³/mol. The smallest absolute Gasteiger partial charge is 0.0445 e. The van der Waals surface area contributed by atoms with Crippen LogP contribution in [-0.4, -0.2) is 17.6 Å². The Morgan fingerprint density at radius 1 is 0.818 bits per heavy atom. The van der Waals surface area contributed by atoms with Gasteiger partial charge in [-0.25, -0.2) is 0 Å². The van der Waals surface area contributed by atoms with Crippen molar-refractivity contribution < 1.29 is 0 Å². The monoisotopic (exact) mass is 335 g/mol. The van der Waals surface area contributed by atoms with E-state index in [1.54, 1.807) is 0 Å². The van der Waals surface area contributed by atoms with Crippen molar-refractivity contribution in [1.29, 1.82) is 0 Å². The van der Waals surface area contributed by atoms with Crippen LogP contribution in [0.25, 0.3) is 0 Å². The molecular formula is C19H30NPS. The first-order valence-electron chi connectivity index (χ1n) is 9.16. The molecule has 22 heavy (non-hydrogen) atoms. The third-order valence-corrected chi connectivity index (χ3v) is 12.0. The second-order valence-corrected chi connectivity index (χ2v) is 12.7. The highest BCUT2D eigenvalue weighted by Gasteiger charge is 2.36. The molecule has 0 bridgehead atoms. The summed E-state index contributed by atoms with van der Waals surface area (Å²) in [4.78, 5) is 0. The average Bonchev–Trinajstić information content (AvgIpc) is 2.62. The van der Waals surface area contributed by atoms with Gasteiger partial charge in [-0.1, -0.05) is 68.5 Å². The van der Waals surface area contributed by atoms with E-state index in [0.29, 0.717) is 0 Å². The first-order chi connectivity index (χ1) is 10.8. The first kappa shape index (κ1) is 16.5. The lowest BCUT2D eigenvalue weighted by Gasteiger charge is -2.41. The third-order valence-electron chi connectivity index (χ3n) is 5.69. The van der Waals surface area contributed by atoms with Gasteiger partial charge in [-0.05, 0) is 55.2 Å². The van der Waals surface area contributed by atoms with Crippen molar-refractivity contribution in [2.45, 2.75) is 75.5 Å². The summed E-state index contributed by atoms with van der Waals surface area (Å²) in [6, 6.07) is 9.37. The molecule has 0 unspecified atom stereocenters. The van der Waals surface area contributed by atoms with Crippen LogP contribution in [0.2, 0.25) is 0 Å². The molecule has 0 aromatic heterocycles. The molecule has 0 heterocycles. The zero-order valence-electron chi connectivity index (χ0n) is 13.7. The Hall–Kier alpha value is -0.330. The van der Waals surface area contributed by atoms with Crippen molar-refractivity contribution in [3.63, 3.8) is 0 Å². The molecule has 0 aliphatic heterocycles. The number of benzene rings is 1. The van der Waals surface area contributed by atoms with Crippen molar-refractivity contribution in [3.05, 3.63) is 30.3 Å². The Bertz CT molecular complexity index is 467. The van der Waals surface area contributed by atoms with Crippen LogP contribution in [0.3, 0.4) is 0 Å². The van der Waals surface area contributed by atoms with Crippen LogP contribution in [-0.2, 0) is 11.8 Å². The molecule has 2 aliphatic rings. The molecule has 0 amide bonds. The fraction of sp³-hybridized carbons (Fsp3) is 0.684. The molecule has 0 spiro atoms. The lowest BCUT2D eigenvalue weighted by atomic mass is 9.99. The van der Waals surface area contributed by atoms with E-state index in [9.17, 15) is 0 Å². The molecule has 122 valence electrons. The van der Waals surface area contributed by atoms with Crippen molar-refractivity contribution >= 4 is 23.5 Å². The number of hydrogen-bond acceptors (Lipinski definition) is 2. The van der Waals surface area contributed by atoms with Gasteiger partial charge in [0.1, 0.15) is 0 Å². The second-order valence-electron chi connectivity index (χ2n) is 7.14. The minimum absolute atomic E-state index is 0.857. The Morgan fingerprint density at radius 3 is 1.82 bits per heavy atom. The third kappa shape index (κ3) is 3.95. The first-order valence-corrected chi connectivity index (χ1v) is 12.3. The van der Waals surface area contributed by atoms with Gasteiger partial charge in [-0.3, -0.25) is 0 Å². The van der Waals surface area contributed by atoms with Crippen LogP contribution < -0.4 is 5.32 Å². The quantitative estimate of drug-likeness (QED) is 0.643. The van der Waals surface area contributed by atoms with Crippen molar-refractivity contribution in [2.75, 3.05) is 11.6 Å². The van der Waals surface area contributed by atoms with Gasteiger partial charge in [0.15, 0.2) is 0 Å². The number of rotatable bonds is 5. The van der Waals surface area contributed by atoms with Gasteiger partial charge in [0.25, 0.3) is 0 Å². The zero-order chi connectivity index (χ0) is 15.3. The van der Waals surface area contributed by atoms with Gasteiger partial charge in [0.2, 0.25) is 0 Å². The van der Waals surface area contributed by atoms with E-state index in [2.05, 4.69) is 35.6 Å². The van der Waals surface area contributed by atoms with Crippen LogP contribution in [0.4, 0.5) is 5.69 Å². The summed E-state index contributed by atoms with van der Waals surface area (Å²) in [7, 11) is 0. The molecule has 2 saturated carbocycles. The Morgan fingerprint density at radius 2 is 1.32 bits per heavy atom.